The summed E-state index contributed by atoms with van der Waals surface area (Å²) in [4.78, 5) is 19.6. The minimum atomic E-state index is -3.64. The number of rotatable bonds is 4. The van der Waals surface area contributed by atoms with Gasteiger partial charge in [-0.05, 0) is 57.1 Å². The molecule has 2 aromatic rings. The molecule has 0 aromatic carbocycles. The van der Waals surface area contributed by atoms with Gasteiger partial charge < -0.3 is 5.32 Å². The van der Waals surface area contributed by atoms with Gasteiger partial charge in [-0.1, -0.05) is 6.92 Å². The van der Waals surface area contributed by atoms with Crippen LogP contribution in [0.2, 0.25) is 0 Å². The fraction of sp³-hybridized carbons (Fsp3) is 0.556. The highest BCUT2D eigenvalue weighted by molar-refractivity contribution is 7.91. The molecule has 1 N–H and O–H groups in total. The van der Waals surface area contributed by atoms with Crippen molar-refractivity contribution in [1.29, 1.82) is 0 Å². The number of aromatic nitrogens is 1. The molecule has 0 radical (unpaired) electrons. The first-order valence-electron chi connectivity index (χ1n) is 9.22. The number of nitrogens with one attached hydrogen (secondary N) is 1. The Morgan fingerprint density at radius 1 is 1.30 bits per heavy atom. The van der Waals surface area contributed by atoms with E-state index in [0.29, 0.717) is 34.6 Å². The molecule has 1 aliphatic heterocycles. The second kappa shape index (κ2) is 7.27. The number of fused-ring (bicyclic) bond motifs is 1. The van der Waals surface area contributed by atoms with Crippen LogP contribution in [0.25, 0.3) is 0 Å². The number of sulfonamides is 1. The Bertz CT molecular complexity index is 964. The number of thiophene rings is 1. The molecule has 2 unspecified atom stereocenters. The third-order valence-electron chi connectivity index (χ3n) is 5.20. The van der Waals surface area contributed by atoms with E-state index in [1.54, 1.807) is 12.1 Å². The van der Waals surface area contributed by atoms with Crippen LogP contribution >= 0.6 is 22.7 Å². The lowest BCUT2D eigenvalue weighted by Gasteiger charge is -2.22. The van der Waals surface area contributed by atoms with Crippen LogP contribution in [-0.4, -0.2) is 36.2 Å². The molecular formula is C18H23N3O3S3. The van der Waals surface area contributed by atoms with Crippen molar-refractivity contribution in [2.45, 2.75) is 56.2 Å². The number of carbonyl (C=O) groups excluding carboxylic acids is 1. The van der Waals surface area contributed by atoms with Gasteiger partial charge in [-0.25, -0.2) is 13.4 Å². The zero-order valence-corrected chi connectivity index (χ0v) is 17.8. The molecule has 1 fully saturated rings. The number of hydrogen-bond acceptors (Lipinski definition) is 6. The average molecular weight is 426 g/mol. The van der Waals surface area contributed by atoms with Crippen LogP contribution in [0.15, 0.2) is 16.3 Å². The number of carbonyl (C=O) groups is 1. The van der Waals surface area contributed by atoms with E-state index < -0.39 is 16.1 Å². The monoisotopic (exact) mass is 425 g/mol. The van der Waals surface area contributed by atoms with Gasteiger partial charge in [0.15, 0.2) is 5.13 Å². The van der Waals surface area contributed by atoms with Gasteiger partial charge in [0.2, 0.25) is 5.91 Å². The van der Waals surface area contributed by atoms with Crippen LogP contribution in [0.4, 0.5) is 5.13 Å². The molecule has 1 aliphatic carbocycles. The Labute approximate surface area is 167 Å². The summed E-state index contributed by atoms with van der Waals surface area (Å²) in [7, 11) is -3.64. The summed E-state index contributed by atoms with van der Waals surface area (Å²) < 4.78 is 27.6. The number of hydrogen-bond donors (Lipinski definition) is 1. The molecular weight excluding hydrogens is 402 g/mol. The Hall–Kier alpha value is -1.29. The van der Waals surface area contributed by atoms with E-state index >= 15 is 0 Å². The molecule has 2 atom stereocenters. The minimum Gasteiger partial charge on any atom is -0.301 e. The van der Waals surface area contributed by atoms with E-state index in [-0.39, 0.29) is 5.91 Å². The maximum atomic E-state index is 13.0. The van der Waals surface area contributed by atoms with Crippen molar-refractivity contribution < 1.29 is 13.2 Å². The van der Waals surface area contributed by atoms with Crippen LogP contribution in [0.1, 0.15) is 41.6 Å². The van der Waals surface area contributed by atoms with Crippen molar-refractivity contribution in [1.82, 2.24) is 9.29 Å². The van der Waals surface area contributed by atoms with Crippen LogP contribution in [-0.2, 0) is 27.7 Å². The van der Waals surface area contributed by atoms with Gasteiger partial charge in [-0.15, -0.1) is 22.7 Å². The van der Waals surface area contributed by atoms with Crippen LogP contribution in [0.5, 0.6) is 0 Å². The summed E-state index contributed by atoms with van der Waals surface area (Å²) in [6.45, 7) is 4.49. The predicted molar refractivity (Wildman–Crippen MR) is 108 cm³/mol. The van der Waals surface area contributed by atoms with E-state index in [0.717, 1.165) is 29.8 Å². The summed E-state index contributed by atoms with van der Waals surface area (Å²) >= 11 is 2.77. The summed E-state index contributed by atoms with van der Waals surface area (Å²) in [5.41, 5.74) is 1.08. The third-order valence-corrected chi connectivity index (χ3v) is 9.61. The first-order chi connectivity index (χ1) is 12.8. The zero-order valence-electron chi connectivity index (χ0n) is 15.4. The van der Waals surface area contributed by atoms with Gasteiger partial charge in [0, 0.05) is 16.3 Å². The van der Waals surface area contributed by atoms with Crippen molar-refractivity contribution in [3.05, 3.63) is 27.6 Å². The lowest BCUT2D eigenvalue weighted by Crippen LogP contribution is -2.42. The van der Waals surface area contributed by atoms with Gasteiger partial charge >= 0.3 is 0 Å². The van der Waals surface area contributed by atoms with E-state index in [2.05, 4.69) is 17.2 Å². The molecule has 2 aliphatic rings. The van der Waals surface area contributed by atoms with Crippen molar-refractivity contribution in [3.63, 3.8) is 0 Å². The molecule has 4 rings (SSSR count). The van der Waals surface area contributed by atoms with Crippen molar-refractivity contribution in [2.75, 3.05) is 11.9 Å². The van der Waals surface area contributed by atoms with Gasteiger partial charge in [0.05, 0.1) is 5.69 Å². The third kappa shape index (κ3) is 3.70. The maximum absolute atomic E-state index is 13.0. The topological polar surface area (TPSA) is 79.4 Å². The highest BCUT2D eigenvalue weighted by Crippen LogP contribution is 2.34. The normalized spacial score (nSPS) is 23.3. The van der Waals surface area contributed by atoms with E-state index in [9.17, 15) is 13.2 Å². The Kier molecular flexibility index (Phi) is 5.13. The van der Waals surface area contributed by atoms with E-state index in [4.69, 9.17) is 0 Å². The zero-order chi connectivity index (χ0) is 19.2. The summed E-state index contributed by atoms with van der Waals surface area (Å²) in [5.74, 6) is 0.370. The lowest BCUT2D eigenvalue weighted by atomic mass is 9.93. The molecule has 6 nitrogen and oxygen atoms in total. The Morgan fingerprint density at radius 3 is 2.85 bits per heavy atom. The number of thiazole rings is 1. The largest absolute Gasteiger partial charge is 0.301 e. The standard InChI is InChI=1S/C18H23N3O3S3/c1-11-5-7-13-15(10-11)26-18(19-13)20-17(22)14-4-3-9-21(14)27(23,24)16-8-6-12(2)25-16/h6,8,11,14H,3-5,7,9-10H2,1-2H3,(H,19,20,22). The van der Waals surface area contributed by atoms with Crippen LogP contribution in [0.3, 0.4) is 0 Å². The predicted octanol–water partition coefficient (Wildman–Crippen LogP) is 3.43. The molecule has 27 heavy (non-hydrogen) atoms. The van der Waals surface area contributed by atoms with Gasteiger partial charge in [-0.3, -0.25) is 4.79 Å². The number of anilines is 1. The van der Waals surface area contributed by atoms with Gasteiger partial charge in [0.25, 0.3) is 10.0 Å². The molecule has 0 bridgehead atoms. The van der Waals surface area contributed by atoms with Crippen molar-refractivity contribution >= 4 is 43.7 Å². The lowest BCUT2D eigenvalue weighted by molar-refractivity contribution is -0.119. The molecule has 146 valence electrons. The number of aryl methyl sites for hydroxylation is 2. The molecule has 9 heteroatoms. The second-order valence-corrected chi connectivity index (χ2v) is 11.9. The molecule has 0 saturated carbocycles. The van der Waals surface area contributed by atoms with Crippen LogP contribution < -0.4 is 5.32 Å². The van der Waals surface area contributed by atoms with Gasteiger partial charge in [0.1, 0.15) is 10.3 Å². The highest BCUT2D eigenvalue weighted by atomic mass is 32.2. The maximum Gasteiger partial charge on any atom is 0.253 e. The Balaban J connectivity index is 1.51. The van der Waals surface area contributed by atoms with Crippen LogP contribution in [0, 0.1) is 12.8 Å². The molecule has 3 heterocycles. The van der Waals surface area contributed by atoms with E-state index in [1.807, 2.05) is 6.92 Å². The average Bonchev–Trinajstić information content (AvgIpc) is 3.32. The smallest absolute Gasteiger partial charge is 0.253 e. The van der Waals surface area contributed by atoms with Crippen molar-refractivity contribution in [2.24, 2.45) is 5.92 Å². The van der Waals surface area contributed by atoms with Gasteiger partial charge in [-0.2, -0.15) is 4.31 Å². The quantitative estimate of drug-likeness (QED) is 0.814. The Morgan fingerprint density at radius 2 is 2.11 bits per heavy atom. The summed E-state index contributed by atoms with van der Waals surface area (Å²) in [5, 5.41) is 3.47. The SMILES string of the molecule is Cc1ccc(S(=O)(=O)N2CCCC2C(=O)Nc2nc3c(s2)CC(C)CC3)s1. The second-order valence-electron chi connectivity index (χ2n) is 7.36. The number of nitrogens with zero attached hydrogens (tertiary/aromatic N) is 2. The first kappa shape index (κ1) is 19.0. The molecule has 2 aromatic heterocycles. The minimum absolute atomic E-state index is 0.275. The summed E-state index contributed by atoms with van der Waals surface area (Å²) in [6.07, 6.45) is 4.30. The molecule has 1 saturated heterocycles. The highest BCUT2D eigenvalue weighted by Gasteiger charge is 2.40. The number of amides is 1. The van der Waals surface area contributed by atoms with Crippen molar-refractivity contribution in [3.8, 4) is 0 Å². The molecule has 1 amide bonds. The fourth-order valence-corrected chi connectivity index (χ4v) is 7.98. The summed E-state index contributed by atoms with van der Waals surface area (Å²) in [6, 6.07) is 2.75. The fourth-order valence-electron chi connectivity index (χ4n) is 3.74. The van der Waals surface area contributed by atoms with E-state index in [1.165, 1.54) is 31.9 Å². The first-order valence-corrected chi connectivity index (χ1v) is 12.3. The molecule has 0 spiro atoms.